The van der Waals surface area contributed by atoms with Crippen LogP contribution in [0.2, 0.25) is 0 Å². The normalized spacial score (nSPS) is 11.8. The van der Waals surface area contributed by atoms with Gasteiger partial charge in [-0.2, -0.15) is 0 Å². The molecule has 0 aliphatic carbocycles. The summed E-state index contributed by atoms with van der Waals surface area (Å²) in [7, 11) is -3.11. The van der Waals surface area contributed by atoms with Crippen LogP contribution in [0.15, 0.2) is 0 Å². The molecular weight excluding hydrogens is 262 g/mol. The summed E-state index contributed by atoms with van der Waals surface area (Å²) in [6, 6.07) is 0. The van der Waals surface area contributed by atoms with Crippen molar-refractivity contribution in [3.8, 4) is 0 Å². The Morgan fingerprint density at radius 2 is 2.06 bits per heavy atom. The fraction of sp³-hybridized carbons (Fsp3) is 0.667. The number of nitrogens with one attached hydrogen (secondary N) is 1. The molecule has 1 amide bonds. The molecule has 1 heterocycles. The molecule has 0 aliphatic heterocycles. The Kier molecular flexibility index (Phi) is 4.58. The lowest BCUT2D eigenvalue weighted by Crippen LogP contribution is -2.16. The third-order valence-electron chi connectivity index (χ3n) is 1.88. The maximum Gasteiger partial charge on any atom is 0.227 e. The first kappa shape index (κ1) is 14.0. The highest BCUT2D eigenvalue weighted by Crippen LogP contribution is 2.22. The Labute approximate surface area is 104 Å². The van der Waals surface area contributed by atoms with Crippen molar-refractivity contribution in [3.63, 3.8) is 0 Å². The van der Waals surface area contributed by atoms with Gasteiger partial charge >= 0.3 is 0 Å². The maximum absolute atomic E-state index is 11.4. The van der Waals surface area contributed by atoms with Gasteiger partial charge in [0.05, 0.1) is 5.75 Å². The first-order valence-electron chi connectivity index (χ1n) is 5.09. The molecule has 1 N–H and O–H groups in total. The zero-order valence-electron chi connectivity index (χ0n) is 9.93. The van der Waals surface area contributed by atoms with Gasteiger partial charge < -0.3 is 5.32 Å². The minimum absolute atomic E-state index is 0.0601. The molecular formula is C9H15N3O3S2. The number of amides is 1. The summed E-state index contributed by atoms with van der Waals surface area (Å²) in [6.07, 6.45) is 1.04. The van der Waals surface area contributed by atoms with Crippen LogP contribution in [0, 0.1) is 0 Å². The molecule has 0 aromatic carbocycles. The largest absolute Gasteiger partial charge is 0.301 e. The molecule has 0 unspecified atom stereocenters. The van der Waals surface area contributed by atoms with E-state index in [0.717, 1.165) is 11.3 Å². The highest BCUT2D eigenvalue weighted by molar-refractivity contribution is 7.90. The quantitative estimate of drug-likeness (QED) is 0.868. The van der Waals surface area contributed by atoms with Crippen LogP contribution < -0.4 is 5.32 Å². The molecule has 0 spiro atoms. The number of carbonyl (C=O) groups is 1. The number of anilines is 1. The fourth-order valence-electron chi connectivity index (χ4n) is 0.978. The van der Waals surface area contributed by atoms with E-state index in [0.29, 0.717) is 5.13 Å². The van der Waals surface area contributed by atoms with Crippen molar-refractivity contribution in [3.05, 3.63) is 5.01 Å². The first-order chi connectivity index (χ1) is 7.78. The number of hydrogen-bond acceptors (Lipinski definition) is 6. The first-order valence-corrected chi connectivity index (χ1v) is 7.96. The third kappa shape index (κ3) is 5.22. The number of carbonyl (C=O) groups excluding carboxylic acids is 1. The second-order valence-electron chi connectivity index (χ2n) is 4.03. The monoisotopic (exact) mass is 277 g/mol. The molecule has 6 nitrogen and oxygen atoms in total. The summed E-state index contributed by atoms with van der Waals surface area (Å²) in [6.45, 7) is 3.96. The minimum atomic E-state index is -3.11. The number of nitrogens with zero attached hydrogens (tertiary/aromatic N) is 2. The highest BCUT2D eigenvalue weighted by atomic mass is 32.2. The van der Waals surface area contributed by atoms with Crippen molar-refractivity contribution >= 4 is 32.2 Å². The lowest BCUT2D eigenvalue weighted by Gasteiger charge is -1.99. The second kappa shape index (κ2) is 5.54. The number of hydrogen-bond donors (Lipinski definition) is 1. The van der Waals surface area contributed by atoms with Gasteiger partial charge in [-0.05, 0) is 0 Å². The van der Waals surface area contributed by atoms with Crippen molar-refractivity contribution in [2.45, 2.75) is 26.2 Å². The Balaban J connectivity index is 2.51. The number of rotatable bonds is 5. The van der Waals surface area contributed by atoms with Crippen molar-refractivity contribution < 1.29 is 13.2 Å². The van der Waals surface area contributed by atoms with E-state index in [9.17, 15) is 13.2 Å². The molecule has 0 fully saturated rings. The highest BCUT2D eigenvalue weighted by Gasteiger charge is 2.12. The van der Waals surface area contributed by atoms with Crippen molar-refractivity contribution in [2.75, 3.05) is 17.3 Å². The van der Waals surface area contributed by atoms with Crippen LogP contribution in [-0.2, 0) is 14.6 Å². The van der Waals surface area contributed by atoms with E-state index in [-0.39, 0.29) is 24.0 Å². The van der Waals surface area contributed by atoms with Crippen LogP contribution in [0.25, 0.3) is 0 Å². The molecule has 0 atom stereocenters. The Bertz CT molecular complexity index is 493. The number of aromatic nitrogens is 2. The van der Waals surface area contributed by atoms with Crippen LogP contribution in [0.1, 0.15) is 31.2 Å². The Hall–Kier alpha value is -1.02. The predicted octanol–water partition coefficient (Wildman–Crippen LogP) is 1.03. The second-order valence-corrected chi connectivity index (χ2v) is 7.30. The summed E-state index contributed by atoms with van der Waals surface area (Å²) < 4.78 is 21.8. The average Bonchev–Trinajstić information content (AvgIpc) is 2.62. The molecule has 0 aliphatic rings. The summed E-state index contributed by atoms with van der Waals surface area (Å²) >= 11 is 1.30. The van der Waals surface area contributed by atoms with E-state index < -0.39 is 9.84 Å². The molecule has 8 heteroatoms. The SMILES string of the molecule is CC(C)c1nnc(NC(=O)CCS(C)(=O)=O)s1. The van der Waals surface area contributed by atoms with Crippen molar-refractivity contribution in [1.82, 2.24) is 10.2 Å². The molecule has 17 heavy (non-hydrogen) atoms. The van der Waals surface area contributed by atoms with Crippen molar-refractivity contribution in [2.24, 2.45) is 0 Å². The van der Waals surface area contributed by atoms with Gasteiger partial charge in [0, 0.05) is 18.6 Å². The summed E-state index contributed by atoms with van der Waals surface area (Å²) in [4.78, 5) is 11.4. The summed E-state index contributed by atoms with van der Waals surface area (Å²) in [5, 5.41) is 11.5. The van der Waals surface area contributed by atoms with E-state index >= 15 is 0 Å². The number of sulfone groups is 1. The van der Waals surface area contributed by atoms with Gasteiger partial charge in [-0.1, -0.05) is 25.2 Å². The summed E-state index contributed by atoms with van der Waals surface area (Å²) in [5.74, 6) is -0.259. The van der Waals surface area contributed by atoms with Crippen LogP contribution in [-0.4, -0.2) is 36.5 Å². The Morgan fingerprint density at radius 3 is 2.53 bits per heavy atom. The van der Waals surface area contributed by atoms with Crippen LogP contribution >= 0.6 is 11.3 Å². The van der Waals surface area contributed by atoms with E-state index in [1.807, 2.05) is 13.8 Å². The van der Waals surface area contributed by atoms with Crippen LogP contribution in [0.4, 0.5) is 5.13 Å². The molecule has 0 radical (unpaired) electrons. The lowest BCUT2D eigenvalue weighted by atomic mass is 10.2. The fourth-order valence-corrected chi connectivity index (χ4v) is 2.30. The lowest BCUT2D eigenvalue weighted by molar-refractivity contribution is -0.115. The molecule has 0 saturated carbocycles. The van der Waals surface area contributed by atoms with Crippen LogP contribution in [0.5, 0.6) is 0 Å². The molecule has 0 saturated heterocycles. The zero-order valence-corrected chi connectivity index (χ0v) is 11.6. The van der Waals surface area contributed by atoms with Gasteiger partial charge in [-0.25, -0.2) is 8.42 Å². The van der Waals surface area contributed by atoms with Crippen LogP contribution in [0.3, 0.4) is 0 Å². The van der Waals surface area contributed by atoms with E-state index in [1.54, 1.807) is 0 Å². The van der Waals surface area contributed by atoms with Gasteiger partial charge in [0.2, 0.25) is 11.0 Å². The molecule has 1 aromatic rings. The van der Waals surface area contributed by atoms with Gasteiger partial charge in [0.1, 0.15) is 14.8 Å². The average molecular weight is 277 g/mol. The maximum atomic E-state index is 11.4. The van der Waals surface area contributed by atoms with Gasteiger partial charge in [-0.3, -0.25) is 4.79 Å². The van der Waals surface area contributed by atoms with Crippen molar-refractivity contribution in [1.29, 1.82) is 0 Å². The predicted molar refractivity (Wildman–Crippen MR) is 67.0 cm³/mol. The van der Waals surface area contributed by atoms with Gasteiger partial charge in [0.25, 0.3) is 0 Å². The standard InChI is InChI=1S/C9H15N3O3S2/c1-6(2)8-11-12-9(16-8)10-7(13)4-5-17(3,14)15/h6H,4-5H2,1-3H3,(H,10,12,13). The Morgan fingerprint density at radius 1 is 1.41 bits per heavy atom. The van der Waals surface area contributed by atoms with E-state index in [2.05, 4.69) is 15.5 Å². The minimum Gasteiger partial charge on any atom is -0.301 e. The van der Waals surface area contributed by atoms with E-state index in [1.165, 1.54) is 11.3 Å². The zero-order chi connectivity index (χ0) is 13.1. The van der Waals surface area contributed by atoms with E-state index in [4.69, 9.17) is 0 Å². The smallest absolute Gasteiger partial charge is 0.227 e. The van der Waals surface area contributed by atoms with Gasteiger partial charge in [0.15, 0.2) is 0 Å². The molecule has 96 valence electrons. The summed E-state index contributed by atoms with van der Waals surface area (Å²) in [5.41, 5.74) is 0. The molecule has 0 bridgehead atoms. The molecule has 1 aromatic heterocycles. The third-order valence-corrected chi connectivity index (χ3v) is 3.97. The molecule has 1 rings (SSSR count). The van der Waals surface area contributed by atoms with Gasteiger partial charge in [-0.15, -0.1) is 10.2 Å². The topological polar surface area (TPSA) is 89.0 Å².